The molecule has 12 nitrogen and oxygen atoms in total. The van der Waals surface area contributed by atoms with E-state index in [-0.39, 0.29) is 16.9 Å². The molecule has 0 aromatic heterocycles. The third-order valence-corrected chi connectivity index (χ3v) is 11.8. The SMILES string of the molecule is C=C[C@@H]1C[C@]1(NC(=O)[C@@H]1CN(S(=O)(=O)c2cccc(F)c2)CN1C(=O)[C@@H](NC(=O)OC1CCCC1)C(C)(C)C)C(=O)NSC1CC1. The summed E-state index contributed by atoms with van der Waals surface area (Å²) in [6, 6.07) is 1.90. The van der Waals surface area contributed by atoms with Crippen molar-refractivity contribution in [2.45, 2.75) is 99.6 Å². The van der Waals surface area contributed by atoms with Crippen molar-refractivity contribution >= 4 is 45.8 Å². The van der Waals surface area contributed by atoms with Crippen LogP contribution in [-0.4, -0.2) is 83.6 Å². The summed E-state index contributed by atoms with van der Waals surface area (Å²) in [7, 11) is -4.36. The number of alkyl carbamates (subject to hydrolysis) is 1. The molecule has 4 amide bonds. The highest BCUT2D eigenvalue weighted by atomic mass is 32.2. The molecule has 1 aromatic carbocycles. The van der Waals surface area contributed by atoms with Crippen LogP contribution in [0.15, 0.2) is 41.8 Å². The zero-order valence-electron chi connectivity index (χ0n) is 26.3. The van der Waals surface area contributed by atoms with Crippen molar-refractivity contribution in [1.82, 2.24) is 24.6 Å². The first-order valence-electron chi connectivity index (χ1n) is 15.6. The van der Waals surface area contributed by atoms with E-state index in [0.29, 0.717) is 11.7 Å². The van der Waals surface area contributed by atoms with Gasteiger partial charge in [0.25, 0.3) is 5.91 Å². The van der Waals surface area contributed by atoms with Gasteiger partial charge in [-0.2, -0.15) is 4.31 Å². The third kappa shape index (κ3) is 7.36. The summed E-state index contributed by atoms with van der Waals surface area (Å²) in [6.07, 6.45) is 6.13. The molecule has 3 saturated carbocycles. The standard InChI is InChI=1S/C31H42FN5O7S2/c1-5-19-16-31(19,28(40)35-45-22-13-14-22)34-26(38)24-17-36(46(42,43)23-12-8-9-20(32)15-23)18-37(24)27(39)25(30(2,3)4)33-29(41)44-21-10-6-7-11-21/h5,8-9,12,15,19,21-22,24-25H,1,6-7,10-11,13-14,16-18H2,2-4H3,(H,33,41)(H,34,38)(H,35,40)/t19-,24+,25-,31-/m1/s1. The largest absolute Gasteiger partial charge is 0.446 e. The Morgan fingerprint density at radius 3 is 2.43 bits per heavy atom. The number of amides is 4. The van der Waals surface area contributed by atoms with Crippen LogP contribution in [0.4, 0.5) is 9.18 Å². The van der Waals surface area contributed by atoms with Crippen LogP contribution in [0.1, 0.15) is 65.7 Å². The quantitative estimate of drug-likeness (QED) is 0.238. The average Bonchev–Trinajstić information content (AvgIpc) is 3.83. The van der Waals surface area contributed by atoms with Gasteiger partial charge in [0.15, 0.2) is 0 Å². The summed E-state index contributed by atoms with van der Waals surface area (Å²) in [5, 5.41) is 5.79. The smallest absolute Gasteiger partial charge is 0.408 e. The van der Waals surface area contributed by atoms with Gasteiger partial charge in [0.2, 0.25) is 21.8 Å². The number of rotatable bonds is 11. The zero-order valence-corrected chi connectivity index (χ0v) is 27.9. The lowest BCUT2D eigenvalue weighted by Crippen LogP contribution is -2.60. The summed E-state index contributed by atoms with van der Waals surface area (Å²) in [6.45, 7) is 7.98. The first-order chi connectivity index (χ1) is 21.7. The van der Waals surface area contributed by atoms with Gasteiger partial charge in [-0.3, -0.25) is 19.1 Å². The van der Waals surface area contributed by atoms with Crippen LogP contribution in [0.25, 0.3) is 0 Å². The van der Waals surface area contributed by atoms with Gasteiger partial charge >= 0.3 is 6.09 Å². The Morgan fingerprint density at radius 1 is 1.15 bits per heavy atom. The van der Waals surface area contributed by atoms with Crippen LogP contribution in [0.2, 0.25) is 0 Å². The van der Waals surface area contributed by atoms with Gasteiger partial charge < -0.3 is 20.3 Å². The number of hydrogen-bond acceptors (Lipinski definition) is 8. The molecule has 1 aliphatic heterocycles. The predicted molar refractivity (Wildman–Crippen MR) is 169 cm³/mol. The lowest BCUT2D eigenvalue weighted by molar-refractivity contribution is -0.142. The van der Waals surface area contributed by atoms with E-state index >= 15 is 0 Å². The Kier molecular flexibility index (Phi) is 9.77. The van der Waals surface area contributed by atoms with E-state index in [1.54, 1.807) is 26.8 Å². The van der Waals surface area contributed by atoms with E-state index in [0.717, 1.165) is 59.9 Å². The van der Waals surface area contributed by atoms with Crippen molar-refractivity contribution < 1.29 is 36.7 Å². The maximum atomic E-state index is 14.3. The Bertz CT molecular complexity index is 1490. The van der Waals surface area contributed by atoms with E-state index in [4.69, 9.17) is 4.74 Å². The average molecular weight is 680 g/mol. The summed E-state index contributed by atoms with van der Waals surface area (Å²) < 4.78 is 50.6. The van der Waals surface area contributed by atoms with Crippen LogP contribution in [0.5, 0.6) is 0 Å². The monoisotopic (exact) mass is 679 g/mol. The fourth-order valence-corrected chi connectivity index (χ4v) is 8.14. The Balaban J connectivity index is 1.41. The Morgan fingerprint density at radius 2 is 1.85 bits per heavy atom. The molecule has 15 heteroatoms. The van der Waals surface area contributed by atoms with Crippen molar-refractivity contribution in [2.24, 2.45) is 11.3 Å². The highest BCUT2D eigenvalue weighted by molar-refractivity contribution is 7.98. The van der Waals surface area contributed by atoms with E-state index in [2.05, 4.69) is 21.9 Å². The van der Waals surface area contributed by atoms with Crippen LogP contribution in [-0.2, 0) is 29.1 Å². The number of sulfonamides is 1. The van der Waals surface area contributed by atoms with E-state index in [1.165, 1.54) is 24.1 Å². The second-order valence-corrected chi connectivity index (χ2v) is 16.6. The van der Waals surface area contributed by atoms with Crippen molar-refractivity contribution in [3.63, 3.8) is 0 Å². The normalized spacial score (nSPS) is 25.9. The van der Waals surface area contributed by atoms with Crippen LogP contribution >= 0.6 is 11.9 Å². The molecule has 3 N–H and O–H groups in total. The molecule has 1 aromatic rings. The predicted octanol–water partition coefficient (Wildman–Crippen LogP) is 3.06. The summed E-state index contributed by atoms with van der Waals surface area (Å²) in [5.74, 6) is -2.95. The number of hydrogen-bond donors (Lipinski definition) is 3. The topological polar surface area (TPSA) is 154 Å². The highest BCUT2D eigenvalue weighted by Crippen LogP contribution is 2.46. The number of nitrogens with zero attached hydrogens (tertiary/aromatic N) is 2. The molecule has 1 saturated heterocycles. The Labute approximate surface area is 273 Å². The van der Waals surface area contributed by atoms with Gasteiger partial charge in [-0.05, 0) is 80.5 Å². The lowest BCUT2D eigenvalue weighted by atomic mass is 9.85. The molecular weight excluding hydrogens is 638 g/mol. The van der Waals surface area contributed by atoms with E-state index < -0.39 is 75.9 Å². The van der Waals surface area contributed by atoms with Gasteiger partial charge in [-0.1, -0.05) is 32.9 Å². The van der Waals surface area contributed by atoms with Crippen molar-refractivity contribution in [2.75, 3.05) is 13.2 Å². The molecule has 0 radical (unpaired) electrons. The van der Waals surface area contributed by atoms with Gasteiger partial charge in [-0.15, -0.1) is 6.58 Å². The summed E-state index contributed by atoms with van der Waals surface area (Å²) >= 11 is 1.30. The number of carbonyl (C=O) groups excluding carboxylic acids is 4. The van der Waals surface area contributed by atoms with E-state index in [9.17, 15) is 32.0 Å². The van der Waals surface area contributed by atoms with Crippen LogP contribution in [0.3, 0.4) is 0 Å². The first-order valence-corrected chi connectivity index (χ1v) is 17.9. The first kappa shape index (κ1) is 34.2. The van der Waals surface area contributed by atoms with Gasteiger partial charge in [-0.25, -0.2) is 17.6 Å². The maximum absolute atomic E-state index is 14.3. The third-order valence-electron chi connectivity index (χ3n) is 8.93. The molecule has 252 valence electrons. The molecule has 0 bridgehead atoms. The minimum absolute atomic E-state index is 0.260. The lowest BCUT2D eigenvalue weighted by Gasteiger charge is -2.35. The molecule has 4 atom stereocenters. The molecule has 0 unspecified atom stereocenters. The van der Waals surface area contributed by atoms with E-state index in [1.807, 2.05) is 0 Å². The number of halogens is 1. The number of benzene rings is 1. The molecule has 3 aliphatic carbocycles. The Hall–Kier alpha value is -3.17. The fourth-order valence-electron chi connectivity index (χ4n) is 5.89. The van der Waals surface area contributed by atoms with Gasteiger partial charge in [0, 0.05) is 17.7 Å². The molecule has 5 rings (SSSR count). The maximum Gasteiger partial charge on any atom is 0.408 e. The van der Waals surface area contributed by atoms with Gasteiger partial charge in [0.05, 0.1) is 11.6 Å². The van der Waals surface area contributed by atoms with Crippen molar-refractivity contribution in [1.29, 1.82) is 0 Å². The highest BCUT2D eigenvalue weighted by Gasteiger charge is 2.61. The summed E-state index contributed by atoms with van der Waals surface area (Å²) in [4.78, 5) is 55.2. The number of ether oxygens (including phenoxy) is 1. The van der Waals surface area contributed by atoms with Crippen molar-refractivity contribution in [3.8, 4) is 0 Å². The minimum atomic E-state index is -4.36. The number of carbonyl (C=O) groups is 4. The molecule has 4 fully saturated rings. The summed E-state index contributed by atoms with van der Waals surface area (Å²) in [5.41, 5.74) is -2.16. The number of nitrogens with one attached hydrogen (secondary N) is 3. The van der Waals surface area contributed by atoms with Gasteiger partial charge in [0.1, 0.15) is 29.5 Å². The van der Waals surface area contributed by atoms with Crippen LogP contribution in [0, 0.1) is 17.2 Å². The molecule has 46 heavy (non-hydrogen) atoms. The molecule has 4 aliphatic rings. The minimum Gasteiger partial charge on any atom is -0.446 e. The fraction of sp³-hybridized carbons (Fsp3) is 0.613. The van der Waals surface area contributed by atoms with Crippen LogP contribution < -0.4 is 15.4 Å². The molecule has 0 spiro atoms. The second-order valence-electron chi connectivity index (χ2n) is 13.6. The van der Waals surface area contributed by atoms with Crippen molar-refractivity contribution in [3.05, 3.63) is 42.7 Å². The zero-order chi connectivity index (χ0) is 33.4. The molecular formula is C31H42FN5O7S2. The molecule has 1 heterocycles. The second kappa shape index (κ2) is 13.1.